The summed E-state index contributed by atoms with van der Waals surface area (Å²) < 4.78 is 5.38. The summed E-state index contributed by atoms with van der Waals surface area (Å²) in [6, 6.07) is 9.49. The van der Waals surface area contributed by atoms with Gasteiger partial charge in [0.2, 0.25) is 5.91 Å². The van der Waals surface area contributed by atoms with Gasteiger partial charge in [-0.15, -0.1) is 0 Å². The monoisotopic (exact) mass is 193 g/mol. The number of rotatable bonds is 4. The fourth-order valence-corrected chi connectivity index (χ4v) is 0.997. The Hall–Kier alpha value is -1.51. The van der Waals surface area contributed by atoms with Crippen LogP contribution in [0, 0.1) is 0 Å². The minimum absolute atomic E-state index is 0.0842. The average Bonchev–Trinajstić information content (AvgIpc) is 2.19. The molecule has 0 aliphatic heterocycles. The van der Waals surface area contributed by atoms with E-state index in [2.05, 4.69) is 0 Å². The van der Waals surface area contributed by atoms with E-state index in [1.54, 1.807) is 19.0 Å². The summed E-state index contributed by atoms with van der Waals surface area (Å²) in [7, 11) is 3.48. The Morgan fingerprint density at radius 2 is 1.93 bits per heavy atom. The molecule has 1 amide bonds. The molecule has 0 saturated carbocycles. The van der Waals surface area contributed by atoms with Crippen LogP contribution in [0.4, 0.5) is 0 Å². The standard InChI is InChI=1S/C11H15NO2/c1-12(2)11(13)8-9-14-10-6-4-3-5-7-10/h3-7H,8-9H2,1-2H3. The molecule has 0 aromatic heterocycles. The van der Waals surface area contributed by atoms with Gasteiger partial charge in [0.15, 0.2) is 0 Å². The SMILES string of the molecule is CN(C)C(=O)CCOc1ccccc1. The molecule has 0 aliphatic rings. The lowest BCUT2D eigenvalue weighted by molar-refractivity contribution is -0.129. The van der Waals surface area contributed by atoms with Gasteiger partial charge < -0.3 is 9.64 Å². The number of hydrogen-bond donors (Lipinski definition) is 0. The number of ether oxygens (including phenoxy) is 1. The zero-order chi connectivity index (χ0) is 10.4. The smallest absolute Gasteiger partial charge is 0.225 e. The van der Waals surface area contributed by atoms with Crippen molar-refractivity contribution in [2.75, 3.05) is 20.7 Å². The Morgan fingerprint density at radius 3 is 2.50 bits per heavy atom. The lowest BCUT2D eigenvalue weighted by atomic mass is 10.3. The molecule has 1 aromatic rings. The van der Waals surface area contributed by atoms with E-state index in [-0.39, 0.29) is 5.91 Å². The third-order valence-corrected chi connectivity index (χ3v) is 1.83. The van der Waals surface area contributed by atoms with Crippen LogP contribution in [-0.2, 0) is 4.79 Å². The molecule has 14 heavy (non-hydrogen) atoms. The molecule has 3 nitrogen and oxygen atoms in total. The van der Waals surface area contributed by atoms with E-state index in [1.807, 2.05) is 30.3 Å². The van der Waals surface area contributed by atoms with E-state index in [4.69, 9.17) is 4.74 Å². The van der Waals surface area contributed by atoms with E-state index < -0.39 is 0 Å². The number of nitrogens with zero attached hydrogens (tertiary/aromatic N) is 1. The first-order valence-electron chi connectivity index (χ1n) is 4.58. The van der Waals surface area contributed by atoms with Crippen molar-refractivity contribution in [3.8, 4) is 5.75 Å². The molecule has 0 N–H and O–H groups in total. The second-order valence-electron chi connectivity index (χ2n) is 3.20. The number of carbonyl (C=O) groups excluding carboxylic acids is 1. The predicted molar refractivity (Wildman–Crippen MR) is 55.2 cm³/mol. The van der Waals surface area contributed by atoms with Crippen LogP contribution in [0.3, 0.4) is 0 Å². The highest BCUT2D eigenvalue weighted by atomic mass is 16.5. The Morgan fingerprint density at radius 1 is 1.29 bits per heavy atom. The molecule has 0 radical (unpaired) electrons. The van der Waals surface area contributed by atoms with Gasteiger partial charge in [-0.2, -0.15) is 0 Å². The van der Waals surface area contributed by atoms with Crippen LogP contribution in [0.1, 0.15) is 6.42 Å². The van der Waals surface area contributed by atoms with Crippen molar-refractivity contribution in [3.63, 3.8) is 0 Å². The number of amides is 1. The number of hydrogen-bond acceptors (Lipinski definition) is 2. The summed E-state index contributed by atoms with van der Waals surface area (Å²) in [5.41, 5.74) is 0. The zero-order valence-corrected chi connectivity index (χ0v) is 8.56. The lowest BCUT2D eigenvalue weighted by Gasteiger charge is -2.10. The van der Waals surface area contributed by atoms with Crippen molar-refractivity contribution in [2.24, 2.45) is 0 Å². The molecule has 0 atom stereocenters. The summed E-state index contributed by atoms with van der Waals surface area (Å²) in [5, 5.41) is 0. The Bertz CT molecular complexity index is 283. The van der Waals surface area contributed by atoms with E-state index in [0.29, 0.717) is 13.0 Å². The first-order valence-corrected chi connectivity index (χ1v) is 4.58. The zero-order valence-electron chi connectivity index (χ0n) is 8.56. The highest BCUT2D eigenvalue weighted by Gasteiger charge is 2.03. The molecule has 3 heteroatoms. The van der Waals surface area contributed by atoms with Gasteiger partial charge in [0.1, 0.15) is 5.75 Å². The quantitative estimate of drug-likeness (QED) is 0.726. The molecule has 1 rings (SSSR count). The minimum atomic E-state index is 0.0842. The Kier molecular flexibility index (Phi) is 3.98. The molecule has 0 fully saturated rings. The number of carbonyl (C=O) groups is 1. The van der Waals surface area contributed by atoms with Crippen molar-refractivity contribution >= 4 is 5.91 Å². The van der Waals surface area contributed by atoms with Gasteiger partial charge in [-0.1, -0.05) is 18.2 Å². The van der Waals surface area contributed by atoms with Gasteiger partial charge in [0.05, 0.1) is 13.0 Å². The molecule has 0 saturated heterocycles. The van der Waals surface area contributed by atoms with E-state index in [0.717, 1.165) is 5.75 Å². The van der Waals surface area contributed by atoms with Gasteiger partial charge in [-0.05, 0) is 12.1 Å². The Balaban J connectivity index is 2.26. The van der Waals surface area contributed by atoms with Gasteiger partial charge >= 0.3 is 0 Å². The third-order valence-electron chi connectivity index (χ3n) is 1.83. The van der Waals surface area contributed by atoms with Crippen LogP contribution < -0.4 is 4.74 Å². The van der Waals surface area contributed by atoms with Crippen molar-refractivity contribution in [1.29, 1.82) is 0 Å². The summed E-state index contributed by atoms with van der Waals surface area (Å²) in [5.74, 6) is 0.889. The Labute approximate surface area is 84.3 Å². The highest BCUT2D eigenvalue weighted by Crippen LogP contribution is 2.08. The molecule has 0 spiro atoms. The molecular formula is C11H15NO2. The first kappa shape index (κ1) is 10.6. The fraction of sp³-hybridized carbons (Fsp3) is 0.364. The molecule has 1 aromatic carbocycles. The fourth-order valence-electron chi connectivity index (χ4n) is 0.997. The number of benzene rings is 1. The highest BCUT2D eigenvalue weighted by molar-refractivity contribution is 5.75. The molecule has 0 bridgehead atoms. The maximum absolute atomic E-state index is 11.2. The van der Waals surface area contributed by atoms with Gasteiger partial charge in [0.25, 0.3) is 0 Å². The topological polar surface area (TPSA) is 29.5 Å². The average molecular weight is 193 g/mol. The molecule has 76 valence electrons. The van der Waals surface area contributed by atoms with Crippen LogP contribution in [0.15, 0.2) is 30.3 Å². The van der Waals surface area contributed by atoms with Gasteiger partial charge in [0, 0.05) is 14.1 Å². The molecule has 0 unspecified atom stereocenters. The summed E-state index contributed by atoms with van der Waals surface area (Å²) in [6.45, 7) is 0.432. The maximum atomic E-state index is 11.2. The van der Waals surface area contributed by atoms with Crippen molar-refractivity contribution < 1.29 is 9.53 Å². The van der Waals surface area contributed by atoms with Crippen LogP contribution >= 0.6 is 0 Å². The van der Waals surface area contributed by atoms with Crippen LogP contribution in [0.5, 0.6) is 5.75 Å². The molecular weight excluding hydrogens is 178 g/mol. The largest absolute Gasteiger partial charge is 0.493 e. The van der Waals surface area contributed by atoms with Gasteiger partial charge in [-0.25, -0.2) is 0 Å². The third kappa shape index (κ3) is 3.47. The van der Waals surface area contributed by atoms with Crippen molar-refractivity contribution in [2.45, 2.75) is 6.42 Å². The van der Waals surface area contributed by atoms with E-state index in [9.17, 15) is 4.79 Å². The summed E-state index contributed by atoms with van der Waals surface area (Å²) in [6.07, 6.45) is 0.419. The van der Waals surface area contributed by atoms with Crippen LogP contribution in [0.2, 0.25) is 0 Å². The summed E-state index contributed by atoms with van der Waals surface area (Å²) >= 11 is 0. The second-order valence-corrected chi connectivity index (χ2v) is 3.20. The second kappa shape index (κ2) is 5.27. The summed E-state index contributed by atoms with van der Waals surface area (Å²) in [4.78, 5) is 12.7. The van der Waals surface area contributed by atoms with Crippen molar-refractivity contribution in [3.05, 3.63) is 30.3 Å². The van der Waals surface area contributed by atoms with Crippen LogP contribution in [-0.4, -0.2) is 31.5 Å². The van der Waals surface area contributed by atoms with Gasteiger partial charge in [-0.3, -0.25) is 4.79 Å². The first-order chi connectivity index (χ1) is 6.70. The lowest BCUT2D eigenvalue weighted by Crippen LogP contribution is -2.23. The predicted octanol–water partition coefficient (Wildman–Crippen LogP) is 1.54. The minimum Gasteiger partial charge on any atom is -0.493 e. The van der Waals surface area contributed by atoms with E-state index in [1.165, 1.54) is 0 Å². The maximum Gasteiger partial charge on any atom is 0.225 e. The normalized spacial score (nSPS) is 9.57. The number of para-hydroxylation sites is 1. The van der Waals surface area contributed by atoms with E-state index >= 15 is 0 Å². The van der Waals surface area contributed by atoms with Crippen molar-refractivity contribution in [1.82, 2.24) is 4.90 Å². The molecule has 0 aliphatic carbocycles. The van der Waals surface area contributed by atoms with Crippen LogP contribution in [0.25, 0.3) is 0 Å². The molecule has 0 heterocycles.